The summed E-state index contributed by atoms with van der Waals surface area (Å²) >= 11 is 12.0. The van der Waals surface area contributed by atoms with Crippen LogP contribution in [0.25, 0.3) is 0 Å². The molecular weight excluding hydrogens is 495 g/mol. The lowest BCUT2D eigenvalue weighted by Gasteiger charge is -2.32. The monoisotopic (exact) mass is 526 g/mol. The van der Waals surface area contributed by atoms with Crippen molar-refractivity contribution in [3.05, 3.63) is 63.6 Å². The number of amides is 1. The summed E-state index contributed by atoms with van der Waals surface area (Å²) in [5.41, 5.74) is 1.57. The van der Waals surface area contributed by atoms with Crippen molar-refractivity contribution in [2.45, 2.75) is 44.9 Å². The van der Waals surface area contributed by atoms with Gasteiger partial charge >= 0.3 is 0 Å². The zero-order chi connectivity index (χ0) is 24.9. The van der Waals surface area contributed by atoms with Crippen molar-refractivity contribution in [1.29, 1.82) is 0 Å². The second-order valence-corrected chi connectivity index (χ2v) is 11.9. The van der Waals surface area contributed by atoms with Gasteiger partial charge in [0.2, 0.25) is 15.9 Å². The maximum Gasteiger partial charge on any atom is 0.224 e. The number of methoxy groups -OCH3 is 1. The van der Waals surface area contributed by atoms with Gasteiger partial charge in [0.1, 0.15) is 5.75 Å². The van der Waals surface area contributed by atoms with Gasteiger partial charge < -0.3 is 10.1 Å². The second kappa shape index (κ2) is 11.8. The average Bonchev–Trinajstić information content (AvgIpc) is 2.80. The normalized spacial score (nSPS) is 18.0. The van der Waals surface area contributed by atoms with Crippen molar-refractivity contribution in [1.82, 2.24) is 9.62 Å². The molecule has 1 aliphatic heterocycles. The highest BCUT2D eigenvalue weighted by Crippen LogP contribution is 2.28. The van der Waals surface area contributed by atoms with Crippen LogP contribution >= 0.6 is 23.2 Å². The van der Waals surface area contributed by atoms with Gasteiger partial charge in [0, 0.05) is 13.1 Å². The SMILES string of the molecule is COc1ccc(C(CC(C)C)NC(=O)C2CCCN(S(=O)(=O)Cc3ccc(Cl)c(Cl)c3)C2)cc1. The van der Waals surface area contributed by atoms with Crippen molar-refractivity contribution in [2.24, 2.45) is 11.8 Å². The molecule has 6 nitrogen and oxygen atoms in total. The molecule has 1 aliphatic rings. The predicted octanol–water partition coefficient (Wildman–Crippen LogP) is 5.45. The zero-order valence-corrected chi connectivity index (χ0v) is 22.1. The summed E-state index contributed by atoms with van der Waals surface area (Å²) in [5, 5.41) is 3.87. The Bertz CT molecular complexity index is 1090. The fraction of sp³-hybridized carbons (Fsp3) is 0.480. The molecule has 0 bridgehead atoms. The van der Waals surface area contributed by atoms with Gasteiger partial charge in [0.15, 0.2) is 0 Å². The molecule has 2 atom stereocenters. The Balaban J connectivity index is 1.69. The van der Waals surface area contributed by atoms with E-state index in [1.54, 1.807) is 25.3 Å². The third-order valence-corrected chi connectivity index (χ3v) is 8.58. The average molecular weight is 528 g/mol. The number of halogens is 2. The Morgan fingerprint density at radius 2 is 1.85 bits per heavy atom. The maximum absolute atomic E-state index is 13.2. The molecule has 1 amide bonds. The van der Waals surface area contributed by atoms with E-state index in [1.165, 1.54) is 4.31 Å². The van der Waals surface area contributed by atoms with Gasteiger partial charge in [-0.2, -0.15) is 0 Å². The van der Waals surface area contributed by atoms with E-state index in [2.05, 4.69) is 19.2 Å². The molecule has 9 heteroatoms. The summed E-state index contributed by atoms with van der Waals surface area (Å²) in [4.78, 5) is 13.2. The molecular formula is C25H32Cl2N2O4S. The molecule has 0 aliphatic carbocycles. The van der Waals surface area contributed by atoms with Crippen LogP contribution in [0.3, 0.4) is 0 Å². The minimum absolute atomic E-state index is 0.115. The van der Waals surface area contributed by atoms with Crippen LogP contribution in [0.1, 0.15) is 50.3 Å². The number of nitrogens with zero attached hydrogens (tertiary/aromatic N) is 1. The van der Waals surface area contributed by atoms with Crippen molar-refractivity contribution in [2.75, 3.05) is 20.2 Å². The van der Waals surface area contributed by atoms with E-state index >= 15 is 0 Å². The minimum Gasteiger partial charge on any atom is -0.497 e. The van der Waals surface area contributed by atoms with Crippen LogP contribution in [0.5, 0.6) is 5.75 Å². The van der Waals surface area contributed by atoms with Crippen LogP contribution in [0.4, 0.5) is 0 Å². The van der Waals surface area contributed by atoms with Crippen molar-refractivity contribution < 1.29 is 17.9 Å². The quantitative estimate of drug-likeness (QED) is 0.471. The molecule has 186 valence electrons. The number of nitrogens with one attached hydrogen (secondary N) is 1. The molecule has 0 radical (unpaired) electrons. The van der Waals surface area contributed by atoms with E-state index in [0.717, 1.165) is 17.7 Å². The Labute approximate surface area is 212 Å². The maximum atomic E-state index is 13.2. The Kier molecular flexibility index (Phi) is 9.27. The number of hydrogen-bond donors (Lipinski definition) is 1. The summed E-state index contributed by atoms with van der Waals surface area (Å²) in [6, 6.07) is 12.4. The van der Waals surface area contributed by atoms with Crippen LogP contribution < -0.4 is 10.1 Å². The van der Waals surface area contributed by atoms with Crippen LogP contribution in [0.2, 0.25) is 10.0 Å². The molecule has 0 aromatic heterocycles. The smallest absolute Gasteiger partial charge is 0.224 e. The molecule has 0 saturated carbocycles. The first-order valence-electron chi connectivity index (χ1n) is 11.4. The van der Waals surface area contributed by atoms with Gasteiger partial charge in [-0.15, -0.1) is 0 Å². The number of rotatable bonds is 9. The minimum atomic E-state index is -3.60. The fourth-order valence-electron chi connectivity index (χ4n) is 4.22. The van der Waals surface area contributed by atoms with E-state index in [0.29, 0.717) is 40.9 Å². The number of carbonyl (C=O) groups excluding carboxylic acids is 1. The van der Waals surface area contributed by atoms with Crippen LogP contribution in [-0.2, 0) is 20.6 Å². The molecule has 34 heavy (non-hydrogen) atoms. The van der Waals surface area contributed by atoms with Gasteiger partial charge in [-0.25, -0.2) is 12.7 Å². The molecule has 2 aromatic carbocycles. The standard InChI is InChI=1S/C25H32Cl2N2O4S/c1-17(2)13-24(19-7-9-21(33-3)10-8-19)28-25(30)20-5-4-12-29(15-20)34(31,32)16-18-6-11-22(26)23(27)14-18/h6-11,14,17,20,24H,4-5,12-13,15-16H2,1-3H3,(H,28,30). The van der Waals surface area contributed by atoms with Gasteiger partial charge in [-0.05, 0) is 60.6 Å². The summed E-state index contributed by atoms with van der Waals surface area (Å²) in [6.07, 6.45) is 2.07. The second-order valence-electron chi connectivity index (χ2n) is 9.17. The van der Waals surface area contributed by atoms with Crippen molar-refractivity contribution in [3.63, 3.8) is 0 Å². The van der Waals surface area contributed by atoms with Crippen molar-refractivity contribution in [3.8, 4) is 5.75 Å². The zero-order valence-electron chi connectivity index (χ0n) is 19.8. The van der Waals surface area contributed by atoms with E-state index in [1.807, 2.05) is 24.3 Å². The molecule has 1 fully saturated rings. The molecule has 0 spiro atoms. The Morgan fingerprint density at radius 3 is 2.47 bits per heavy atom. The highest BCUT2D eigenvalue weighted by molar-refractivity contribution is 7.88. The predicted molar refractivity (Wildman–Crippen MR) is 137 cm³/mol. The lowest BCUT2D eigenvalue weighted by atomic mass is 9.94. The number of piperidine rings is 1. The molecule has 2 aromatic rings. The van der Waals surface area contributed by atoms with Gasteiger partial charge in [0.05, 0.1) is 34.9 Å². The summed E-state index contributed by atoms with van der Waals surface area (Å²) < 4.78 is 32.8. The largest absolute Gasteiger partial charge is 0.497 e. The topological polar surface area (TPSA) is 75.7 Å². The molecule has 1 heterocycles. The van der Waals surface area contributed by atoms with E-state index in [9.17, 15) is 13.2 Å². The lowest BCUT2D eigenvalue weighted by molar-refractivity contribution is -0.127. The summed E-state index contributed by atoms with van der Waals surface area (Å²) in [7, 11) is -1.98. The van der Waals surface area contributed by atoms with Crippen LogP contribution in [-0.4, -0.2) is 38.8 Å². The van der Waals surface area contributed by atoms with E-state index < -0.39 is 15.9 Å². The van der Waals surface area contributed by atoms with E-state index in [-0.39, 0.29) is 24.2 Å². The number of carbonyl (C=O) groups is 1. The molecule has 3 rings (SSSR count). The molecule has 2 unspecified atom stereocenters. The summed E-state index contributed by atoms with van der Waals surface area (Å²) in [5.74, 6) is 0.441. The first-order chi connectivity index (χ1) is 16.1. The van der Waals surface area contributed by atoms with Crippen LogP contribution in [0.15, 0.2) is 42.5 Å². The van der Waals surface area contributed by atoms with Crippen molar-refractivity contribution >= 4 is 39.1 Å². The molecule has 1 saturated heterocycles. The Hall–Kier alpha value is -1.80. The number of benzene rings is 2. The van der Waals surface area contributed by atoms with E-state index in [4.69, 9.17) is 27.9 Å². The fourth-order valence-corrected chi connectivity index (χ4v) is 6.13. The van der Waals surface area contributed by atoms with Gasteiger partial charge in [-0.1, -0.05) is 55.2 Å². The third-order valence-electron chi connectivity index (χ3n) is 6.02. The highest BCUT2D eigenvalue weighted by Gasteiger charge is 2.33. The third kappa shape index (κ3) is 7.11. The van der Waals surface area contributed by atoms with Gasteiger partial charge in [0.25, 0.3) is 0 Å². The number of sulfonamides is 1. The number of ether oxygens (including phenoxy) is 1. The Morgan fingerprint density at radius 1 is 1.15 bits per heavy atom. The highest BCUT2D eigenvalue weighted by atomic mass is 35.5. The van der Waals surface area contributed by atoms with Gasteiger partial charge in [-0.3, -0.25) is 4.79 Å². The number of hydrogen-bond acceptors (Lipinski definition) is 4. The summed E-state index contributed by atoms with van der Waals surface area (Å²) in [6.45, 7) is 4.80. The lowest BCUT2D eigenvalue weighted by Crippen LogP contribution is -2.46. The molecule has 1 N–H and O–H groups in total. The van der Waals surface area contributed by atoms with Crippen LogP contribution in [0, 0.1) is 11.8 Å². The first-order valence-corrected chi connectivity index (χ1v) is 13.8. The first kappa shape index (κ1) is 26.8.